The molecular weight excluding hydrogens is 323 g/mol. The molecule has 0 aromatic carbocycles. The van der Waals surface area contributed by atoms with Crippen LogP contribution in [0.3, 0.4) is 0 Å². The van der Waals surface area contributed by atoms with Crippen molar-refractivity contribution in [2.24, 2.45) is 0 Å². The molecule has 0 aliphatic heterocycles. The Morgan fingerprint density at radius 1 is 1.44 bits per heavy atom. The Bertz CT molecular complexity index is 502. The molecule has 0 unspecified atom stereocenters. The number of pyridine rings is 1. The predicted molar refractivity (Wildman–Crippen MR) is 74.4 cm³/mol. The van der Waals surface area contributed by atoms with Crippen LogP contribution in [0.4, 0.5) is 5.69 Å². The van der Waals surface area contributed by atoms with Crippen LogP contribution in [0.2, 0.25) is 0 Å². The van der Waals surface area contributed by atoms with Crippen molar-refractivity contribution in [2.45, 2.75) is 32.7 Å². The van der Waals surface area contributed by atoms with E-state index in [2.05, 4.69) is 15.9 Å². The molecule has 0 spiro atoms. The Kier molecular flexibility index (Phi) is 5.81. The number of hydrogen-bond donors (Lipinski definition) is 0. The highest BCUT2D eigenvalue weighted by molar-refractivity contribution is 9.10. The SMILES string of the molecule is Cc1c([N+](=O)[O-])cn(CCCCCCl)c(=O)c1Br. The normalized spacial score (nSPS) is 10.6. The summed E-state index contributed by atoms with van der Waals surface area (Å²) in [6.45, 7) is 2.02. The molecule has 18 heavy (non-hydrogen) atoms. The summed E-state index contributed by atoms with van der Waals surface area (Å²) in [5.74, 6) is 0.590. The van der Waals surface area contributed by atoms with Gasteiger partial charge in [-0.2, -0.15) is 0 Å². The van der Waals surface area contributed by atoms with Crippen molar-refractivity contribution in [1.82, 2.24) is 4.57 Å². The summed E-state index contributed by atoms with van der Waals surface area (Å²) in [5.41, 5.74) is 0.0878. The lowest BCUT2D eigenvalue weighted by Crippen LogP contribution is -2.22. The molecule has 0 fully saturated rings. The van der Waals surface area contributed by atoms with E-state index in [1.54, 1.807) is 6.92 Å². The Morgan fingerprint density at radius 2 is 2.11 bits per heavy atom. The first-order valence-electron chi connectivity index (χ1n) is 5.59. The van der Waals surface area contributed by atoms with Crippen molar-refractivity contribution in [1.29, 1.82) is 0 Å². The van der Waals surface area contributed by atoms with Crippen molar-refractivity contribution < 1.29 is 4.92 Å². The van der Waals surface area contributed by atoms with Gasteiger partial charge in [0.05, 0.1) is 15.6 Å². The molecule has 0 aliphatic carbocycles. The maximum absolute atomic E-state index is 11.9. The molecule has 0 bridgehead atoms. The minimum Gasteiger partial charge on any atom is -0.308 e. The number of rotatable bonds is 6. The molecule has 0 atom stereocenters. The van der Waals surface area contributed by atoms with E-state index in [4.69, 9.17) is 11.6 Å². The first-order valence-corrected chi connectivity index (χ1v) is 6.91. The Morgan fingerprint density at radius 3 is 2.67 bits per heavy atom. The third kappa shape index (κ3) is 3.55. The molecule has 0 amide bonds. The van der Waals surface area contributed by atoms with Gasteiger partial charge >= 0.3 is 0 Å². The third-order valence-corrected chi connectivity index (χ3v) is 3.87. The van der Waals surface area contributed by atoms with Crippen molar-refractivity contribution >= 4 is 33.2 Å². The summed E-state index contributed by atoms with van der Waals surface area (Å²) in [4.78, 5) is 22.3. The fourth-order valence-corrected chi connectivity index (χ4v) is 2.23. The van der Waals surface area contributed by atoms with Crippen molar-refractivity contribution in [3.8, 4) is 0 Å². The van der Waals surface area contributed by atoms with E-state index in [9.17, 15) is 14.9 Å². The number of unbranched alkanes of at least 4 members (excludes halogenated alkanes) is 2. The first kappa shape index (κ1) is 15.2. The molecule has 1 heterocycles. The molecule has 0 aliphatic rings. The topological polar surface area (TPSA) is 65.1 Å². The van der Waals surface area contributed by atoms with Gasteiger partial charge in [0.25, 0.3) is 11.2 Å². The molecule has 0 N–H and O–H groups in total. The van der Waals surface area contributed by atoms with Crippen molar-refractivity contribution in [3.63, 3.8) is 0 Å². The summed E-state index contributed by atoms with van der Waals surface area (Å²) in [7, 11) is 0. The van der Waals surface area contributed by atoms with Gasteiger partial charge in [0.15, 0.2) is 0 Å². The molecular formula is C11H14BrClN2O3. The van der Waals surface area contributed by atoms with Gasteiger partial charge in [0.1, 0.15) is 0 Å². The second-order valence-electron chi connectivity index (χ2n) is 3.96. The number of nitro groups is 1. The predicted octanol–water partition coefficient (Wildman–Crippen LogP) is 3.24. The highest BCUT2D eigenvalue weighted by Crippen LogP contribution is 2.22. The van der Waals surface area contributed by atoms with Crippen LogP contribution in [-0.4, -0.2) is 15.4 Å². The van der Waals surface area contributed by atoms with Crippen LogP contribution < -0.4 is 5.56 Å². The highest BCUT2D eigenvalue weighted by atomic mass is 79.9. The first-order chi connectivity index (χ1) is 8.49. The lowest BCUT2D eigenvalue weighted by atomic mass is 10.2. The summed E-state index contributed by atoms with van der Waals surface area (Å²) in [5, 5.41) is 10.9. The average molecular weight is 338 g/mol. The molecule has 7 heteroatoms. The quantitative estimate of drug-likeness (QED) is 0.346. The molecule has 100 valence electrons. The molecule has 1 aromatic rings. The van der Waals surface area contributed by atoms with Crippen molar-refractivity contribution in [2.75, 3.05) is 5.88 Å². The standard InChI is InChI=1S/C11H14BrClN2O3/c1-8-9(15(17)18)7-14(11(16)10(8)12)6-4-2-3-5-13/h7H,2-6H2,1H3. The Labute approximate surface area is 118 Å². The fraction of sp³-hybridized carbons (Fsp3) is 0.545. The zero-order chi connectivity index (χ0) is 13.7. The van der Waals surface area contributed by atoms with E-state index in [0.29, 0.717) is 18.0 Å². The summed E-state index contributed by atoms with van der Waals surface area (Å²) in [6.07, 6.45) is 3.86. The van der Waals surface area contributed by atoms with Gasteiger partial charge in [-0.25, -0.2) is 0 Å². The summed E-state index contributed by atoms with van der Waals surface area (Å²) in [6, 6.07) is 0. The zero-order valence-corrected chi connectivity index (χ0v) is 12.3. The largest absolute Gasteiger partial charge is 0.308 e. The Balaban J connectivity index is 2.98. The molecule has 1 aromatic heterocycles. The summed E-state index contributed by atoms with van der Waals surface area (Å²) < 4.78 is 1.64. The highest BCUT2D eigenvalue weighted by Gasteiger charge is 2.18. The molecule has 0 saturated carbocycles. The monoisotopic (exact) mass is 336 g/mol. The minimum absolute atomic E-state index is 0.0428. The smallest absolute Gasteiger partial charge is 0.289 e. The van der Waals surface area contributed by atoms with E-state index in [1.807, 2.05) is 0 Å². The number of nitrogens with zero attached hydrogens (tertiary/aromatic N) is 2. The van der Waals surface area contributed by atoms with Crippen LogP contribution in [0.15, 0.2) is 15.5 Å². The van der Waals surface area contributed by atoms with Gasteiger partial charge in [0, 0.05) is 18.0 Å². The average Bonchev–Trinajstić information content (AvgIpc) is 2.33. The maximum Gasteiger partial charge on any atom is 0.289 e. The lowest BCUT2D eigenvalue weighted by molar-refractivity contribution is -0.386. The number of halogens is 2. The van der Waals surface area contributed by atoms with Crippen LogP contribution in [-0.2, 0) is 6.54 Å². The van der Waals surface area contributed by atoms with E-state index < -0.39 is 4.92 Å². The molecule has 5 nitrogen and oxygen atoms in total. The van der Waals surface area contributed by atoms with Gasteiger partial charge in [-0.15, -0.1) is 11.6 Å². The van der Waals surface area contributed by atoms with Gasteiger partial charge in [-0.1, -0.05) is 6.42 Å². The van der Waals surface area contributed by atoms with Gasteiger partial charge in [-0.05, 0) is 35.7 Å². The van der Waals surface area contributed by atoms with E-state index in [1.165, 1.54) is 10.8 Å². The van der Waals surface area contributed by atoms with Crippen LogP contribution in [0, 0.1) is 17.0 Å². The number of alkyl halides is 1. The second-order valence-corrected chi connectivity index (χ2v) is 5.13. The minimum atomic E-state index is -0.477. The van der Waals surface area contributed by atoms with Crippen LogP contribution in [0.1, 0.15) is 24.8 Å². The molecule has 0 radical (unpaired) electrons. The summed E-state index contributed by atoms with van der Waals surface area (Å²) >= 11 is 8.67. The van der Waals surface area contributed by atoms with Crippen molar-refractivity contribution in [3.05, 3.63) is 36.7 Å². The lowest BCUT2D eigenvalue weighted by Gasteiger charge is -2.08. The number of aryl methyl sites for hydroxylation is 1. The number of hydrogen-bond acceptors (Lipinski definition) is 3. The second kappa shape index (κ2) is 6.89. The van der Waals surface area contributed by atoms with Crippen LogP contribution in [0.5, 0.6) is 0 Å². The zero-order valence-electron chi connectivity index (χ0n) is 9.99. The van der Waals surface area contributed by atoms with E-state index in [0.717, 1.165) is 19.3 Å². The fourth-order valence-electron chi connectivity index (χ4n) is 1.61. The third-order valence-electron chi connectivity index (χ3n) is 2.67. The molecule has 0 saturated heterocycles. The van der Waals surface area contributed by atoms with E-state index >= 15 is 0 Å². The van der Waals surface area contributed by atoms with Crippen LogP contribution >= 0.6 is 27.5 Å². The van der Waals surface area contributed by atoms with Crippen LogP contribution in [0.25, 0.3) is 0 Å². The van der Waals surface area contributed by atoms with Gasteiger partial charge < -0.3 is 4.57 Å². The molecule has 1 rings (SSSR count). The van der Waals surface area contributed by atoms with E-state index in [-0.39, 0.29) is 15.7 Å². The van der Waals surface area contributed by atoms with Gasteiger partial charge in [0.2, 0.25) is 0 Å². The Hall–Kier alpha value is -0.880. The van der Waals surface area contributed by atoms with Gasteiger partial charge in [-0.3, -0.25) is 14.9 Å². The number of aromatic nitrogens is 1. The maximum atomic E-state index is 11.9.